The molecule has 1 unspecified atom stereocenters. The Morgan fingerprint density at radius 1 is 1.38 bits per heavy atom. The molecule has 3 heteroatoms. The Hall–Kier alpha value is -0.590. The van der Waals surface area contributed by atoms with Gasteiger partial charge in [0.25, 0.3) is 0 Å². The second kappa shape index (κ2) is 7.65. The number of hydrogen-bond donors (Lipinski definition) is 1. The third-order valence-corrected chi connectivity index (χ3v) is 3.44. The second-order valence-electron chi connectivity index (χ2n) is 4.74. The molecule has 1 rings (SSSR count). The summed E-state index contributed by atoms with van der Waals surface area (Å²) < 4.78 is 0. The van der Waals surface area contributed by atoms with Crippen LogP contribution in [-0.4, -0.2) is 37.1 Å². The van der Waals surface area contributed by atoms with Gasteiger partial charge in [0, 0.05) is 6.54 Å². The van der Waals surface area contributed by atoms with Crippen LogP contribution in [-0.2, 0) is 0 Å². The number of hydrogen-bond acceptors (Lipinski definition) is 3. The monoisotopic (exact) mass is 223 g/mol. The molecule has 1 saturated heterocycles. The number of rotatable bonds is 6. The van der Waals surface area contributed by atoms with Gasteiger partial charge in [0.2, 0.25) is 0 Å². The molecular weight excluding hydrogens is 198 g/mol. The van der Waals surface area contributed by atoms with Gasteiger partial charge in [-0.15, -0.1) is 0 Å². The molecule has 1 aliphatic heterocycles. The van der Waals surface area contributed by atoms with Gasteiger partial charge in [0.05, 0.1) is 12.1 Å². The first kappa shape index (κ1) is 13.5. The lowest BCUT2D eigenvalue weighted by Crippen LogP contribution is -2.41. The Balaban J connectivity index is 2.45. The Bertz CT molecular complexity index is 216. The third kappa shape index (κ3) is 4.11. The zero-order valence-electron chi connectivity index (χ0n) is 10.7. The van der Waals surface area contributed by atoms with E-state index in [4.69, 9.17) is 5.26 Å². The fraction of sp³-hybridized carbons (Fsp3) is 0.923. The lowest BCUT2D eigenvalue weighted by Gasteiger charge is -2.32. The summed E-state index contributed by atoms with van der Waals surface area (Å²) in [5.74, 6) is 0.787. The average molecular weight is 223 g/mol. The van der Waals surface area contributed by atoms with E-state index in [2.05, 4.69) is 30.1 Å². The van der Waals surface area contributed by atoms with Crippen LogP contribution in [0, 0.1) is 17.2 Å². The van der Waals surface area contributed by atoms with Crippen molar-refractivity contribution in [3.8, 4) is 6.07 Å². The van der Waals surface area contributed by atoms with E-state index in [-0.39, 0.29) is 6.04 Å². The lowest BCUT2D eigenvalue weighted by molar-refractivity contribution is 0.175. The highest BCUT2D eigenvalue weighted by atomic mass is 15.2. The highest BCUT2D eigenvalue weighted by Crippen LogP contribution is 2.16. The molecule has 0 spiro atoms. The molecule has 1 heterocycles. The van der Waals surface area contributed by atoms with Gasteiger partial charge in [0.15, 0.2) is 0 Å². The average Bonchev–Trinajstić information content (AvgIpc) is 2.32. The largest absolute Gasteiger partial charge is 0.317 e. The van der Waals surface area contributed by atoms with Gasteiger partial charge < -0.3 is 5.32 Å². The topological polar surface area (TPSA) is 39.1 Å². The molecule has 16 heavy (non-hydrogen) atoms. The summed E-state index contributed by atoms with van der Waals surface area (Å²) in [7, 11) is 0. The van der Waals surface area contributed by atoms with Crippen molar-refractivity contribution in [3.63, 3.8) is 0 Å². The number of nitrogens with zero attached hydrogens (tertiary/aromatic N) is 2. The fourth-order valence-electron chi connectivity index (χ4n) is 2.49. The van der Waals surface area contributed by atoms with Crippen LogP contribution in [0.3, 0.4) is 0 Å². The number of piperidine rings is 1. The summed E-state index contributed by atoms with van der Waals surface area (Å²) in [6.07, 6.45) is 4.62. The first-order chi connectivity index (χ1) is 7.81. The zero-order chi connectivity index (χ0) is 11.8. The molecule has 0 bridgehead atoms. The smallest absolute Gasteiger partial charge is 0.0975 e. The molecule has 0 aromatic carbocycles. The molecule has 0 aromatic heterocycles. The van der Waals surface area contributed by atoms with Gasteiger partial charge in [-0.3, -0.25) is 4.90 Å². The summed E-state index contributed by atoms with van der Waals surface area (Å²) in [4.78, 5) is 2.38. The van der Waals surface area contributed by atoms with Gasteiger partial charge >= 0.3 is 0 Å². The number of nitriles is 1. The minimum Gasteiger partial charge on any atom is -0.317 e. The van der Waals surface area contributed by atoms with Crippen molar-refractivity contribution >= 4 is 0 Å². The summed E-state index contributed by atoms with van der Waals surface area (Å²) in [6, 6.07) is 2.56. The first-order valence-corrected chi connectivity index (χ1v) is 6.66. The fourth-order valence-corrected chi connectivity index (χ4v) is 2.49. The molecule has 1 atom stereocenters. The Kier molecular flexibility index (Phi) is 6.44. The zero-order valence-corrected chi connectivity index (χ0v) is 10.7. The molecule has 1 fully saturated rings. The maximum Gasteiger partial charge on any atom is 0.0975 e. The summed E-state index contributed by atoms with van der Waals surface area (Å²) in [5.41, 5.74) is 0. The van der Waals surface area contributed by atoms with Crippen molar-refractivity contribution < 1.29 is 0 Å². The van der Waals surface area contributed by atoms with Crippen LogP contribution in [0.2, 0.25) is 0 Å². The van der Waals surface area contributed by atoms with E-state index in [0.717, 1.165) is 44.9 Å². The van der Waals surface area contributed by atoms with Crippen LogP contribution >= 0.6 is 0 Å². The molecule has 92 valence electrons. The predicted molar refractivity (Wildman–Crippen MR) is 67.1 cm³/mol. The van der Waals surface area contributed by atoms with Gasteiger partial charge in [-0.25, -0.2) is 0 Å². The molecule has 1 aliphatic rings. The van der Waals surface area contributed by atoms with Crippen molar-refractivity contribution in [1.82, 2.24) is 10.2 Å². The van der Waals surface area contributed by atoms with Crippen molar-refractivity contribution in [2.45, 2.75) is 45.6 Å². The van der Waals surface area contributed by atoms with Crippen LogP contribution in [0.5, 0.6) is 0 Å². The maximum absolute atomic E-state index is 9.15. The Labute approximate surface area is 99.8 Å². The van der Waals surface area contributed by atoms with Gasteiger partial charge in [-0.2, -0.15) is 5.26 Å². The van der Waals surface area contributed by atoms with E-state index in [0.29, 0.717) is 0 Å². The minimum atomic E-state index is 0.120. The second-order valence-corrected chi connectivity index (χ2v) is 4.74. The van der Waals surface area contributed by atoms with Crippen LogP contribution in [0.4, 0.5) is 0 Å². The van der Waals surface area contributed by atoms with Crippen molar-refractivity contribution in [1.29, 1.82) is 5.26 Å². The maximum atomic E-state index is 9.15. The van der Waals surface area contributed by atoms with Crippen molar-refractivity contribution in [2.24, 2.45) is 5.92 Å². The van der Waals surface area contributed by atoms with Crippen LogP contribution < -0.4 is 5.32 Å². The highest BCUT2D eigenvalue weighted by molar-refractivity contribution is 4.91. The molecule has 0 aromatic rings. The standard InChI is InChI=1S/C13H25N3/c1-3-9-16(13(4-2)10-14)11-12-5-7-15-8-6-12/h12-13,15H,3-9,11H2,1-2H3. The quantitative estimate of drug-likeness (QED) is 0.748. The number of nitrogens with one attached hydrogen (secondary N) is 1. The first-order valence-electron chi connectivity index (χ1n) is 6.66. The van der Waals surface area contributed by atoms with E-state index in [1.54, 1.807) is 0 Å². The Morgan fingerprint density at radius 3 is 2.56 bits per heavy atom. The highest BCUT2D eigenvalue weighted by Gasteiger charge is 2.21. The van der Waals surface area contributed by atoms with E-state index in [9.17, 15) is 0 Å². The third-order valence-electron chi connectivity index (χ3n) is 3.44. The van der Waals surface area contributed by atoms with Crippen LogP contribution in [0.25, 0.3) is 0 Å². The van der Waals surface area contributed by atoms with Gasteiger partial charge in [0.1, 0.15) is 0 Å². The van der Waals surface area contributed by atoms with Gasteiger partial charge in [-0.05, 0) is 51.2 Å². The summed E-state index contributed by atoms with van der Waals surface area (Å²) >= 11 is 0. The van der Waals surface area contributed by atoms with Crippen LogP contribution in [0.15, 0.2) is 0 Å². The van der Waals surface area contributed by atoms with Crippen molar-refractivity contribution in [3.05, 3.63) is 0 Å². The van der Waals surface area contributed by atoms with Gasteiger partial charge in [-0.1, -0.05) is 13.8 Å². The van der Waals surface area contributed by atoms with E-state index < -0.39 is 0 Å². The van der Waals surface area contributed by atoms with E-state index >= 15 is 0 Å². The molecule has 0 saturated carbocycles. The minimum absolute atomic E-state index is 0.120. The predicted octanol–water partition coefficient (Wildman–Crippen LogP) is 2.00. The Morgan fingerprint density at radius 2 is 2.06 bits per heavy atom. The molecule has 3 nitrogen and oxygen atoms in total. The van der Waals surface area contributed by atoms with E-state index in [1.807, 2.05) is 0 Å². The molecule has 0 radical (unpaired) electrons. The van der Waals surface area contributed by atoms with E-state index in [1.165, 1.54) is 12.8 Å². The van der Waals surface area contributed by atoms with Crippen LogP contribution in [0.1, 0.15) is 39.5 Å². The molecule has 0 amide bonds. The summed E-state index contributed by atoms with van der Waals surface area (Å²) in [5, 5.41) is 12.5. The molecular formula is C13H25N3. The summed E-state index contributed by atoms with van der Waals surface area (Å²) in [6.45, 7) is 8.78. The SMILES string of the molecule is CCCN(CC1CCNCC1)C(C#N)CC. The lowest BCUT2D eigenvalue weighted by atomic mass is 9.96. The molecule has 1 N–H and O–H groups in total. The normalized spacial score (nSPS) is 19.6. The molecule has 0 aliphatic carbocycles. The van der Waals surface area contributed by atoms with Crippen molar-refractivity contribution in [2.75, 3.05) is 26.2 Å².